The van der Waals surface area contributed by atoms with Crippen molar-refractivity contribution in [2.45, 2.75) is 89.7 Å². The monoisotopic (exact) mass is 535 g/mol. The number of benzene rings is 1. The summed E-state index contributed by atoms with van der Waals surface area (Å²) in [5.74, 6) is -1.20. The highest BCUT2D eigenvalue weighted by atomic mass is 16.5. The normalized spacial score (nSPS) is 38.8. The van der Waals surface area contributed by atoms with Crippen LogP contribution in [0.15, 0.2) is 30.4 Å². The van der Waals surface area contributed by atoms with Crippen LogP contribution in [0.3, 0.4) is 0 Å². The van der Waals surface area contributed by atoms with Crippen molar-refractivity contribution in [3.05, 3.63) is 41.5 Å². The Morgan fingerprint density at radius 1 is 1.05 bits per heavy atom. The lowest BCUT2D eigenvalue weighted by Crippen LogP contribution is -2.58. The third kappa shape index (κ3) is 4.49. The first-order chi connectivity index (χ1) is 18.7. The molecule has 2 N–H and O–H groups in total. The van der Waals surface area contributed by atoms with Gasteiger partial charge in [-0.2, -0.15) is 0 Å². The van der Waals surface area contributed by atoms with Crippen LogP contribution in [0.4, 0.5) is 5.69 Å². The molecule has 1 spiro atoms. The zero-order valence-electron chi connectivity index (χ0n) is 23.4. The van der Waals surface area contributed by atoms with Crippen molar-refractivity contribution in [2.24, 2.45) is 23.7 Å². The average Bonchev–Trinajstić information content (AvgIpc) is 3.64. The Hall–Kier alpha value is -2.71. The van der Waals surface area contributed by atoms with Crippen LogP contribution in [0.1, 0.15) is 57.1 Å². The molecular formula is C31H41N3O5. The molecule has 2 bridgehead atoms. The van der Waals surface area contributed by atoms with Crippen LogP contribution >= 0.6 is 0 Å². The number of amides is 3. The summed E-state index contributed by atoms with van der Waals surface area (Å²) in [5.41, 5.74) is 1.65. The Morgan fingerprint density at radius 2 is 1.82 bits per heavy atom. The molecule has 6 rings (SSSR count). The number of carbonyl (C=O) groups is 3. The van der Waals surface area contributed by atoms with Crippen molar-refractivity contribution in [1.82, 2.24) is 10.2 Å². The fourth-order valence-corrected chi connectivity index (χ4v) is 7.79. The second-order valence-corrected chi connectivity index (χ2v) is 12.6. The minimum atomic E-state index is -1.15. The molecule has 1 aromatic rings. The fraction of sp³-hybridized carbons (Fsp3) is 0.645. The summed E-state index contributed by atoms with van der Waals surface area (Å²) >= 11 is 0. The summed E-state index contributed by atoms with van der Waals surface area (Å²) in [4.78, 5) is 43.6. The van der Waals surface area contributed by atoms with Gasteiger partial charge in [-0.3, -0.25) is 14.4 Å². The van der Waals surface area contributed by atoms with E-state index in [1.54, 1.807) is 4.90 Å². The van der Waals surface area contributed by atoms with Crippen LogP contribution in [0.5, 0.6) is 0 Å². The summed E-state index contributed by atoms with van der Waals surface area (Å²) in [6.07, 6.45) is 8.06. The molecule has 3 saturated heterocycles. The van der Waals surface area contributed by atoms with Gasteiger partial charge in [-0.15, -0.1) is 0 Å². The number of anilines is 1. The van der Waals surface area contributed by atoms with Crippen molar-refractivity contribution >= 4 is 23.4 Å². The number of ether oxygens (including phenoxy) is 2. The van der Waals surface area contributed by atoms with E-state index in [2.05, 4.69) is 30.5 Å². The lowest BCUT2D eigenvalue weighted by molar-refractivity contribution is -0.143. The number of nitrogens with zero attached hydrogens (tertiary/aromatic N) is 1. The molecule has 4 fully saturated rings. The van der Waals surface area contributed by atoms with Crippen LogP contribution in [0.25, 0.3) is 0 Å². The first-order valence-corrected chi connectivity index (χ1v) is 14.7. The Kier molecular flexibility index (Phi) is 6.82. The van der Waals surface area contributed by atoms with Crippen LogP contribution in [-0.2, 0) is 23.9 Å². The molecule has 4 heterocycles. The summed E-state index contributed by atoms with van der Waals surface area (Å²) in [6, 6.07) is 5.13. The number of hydrogen-bond acceptors (Lipinski definition) is 5. The minimum absolute atomic E-state index is 0.0580. The summed E-state index contributed by atoms with van der Waals surface area (Å²) in [7, 11) is 0. The third-order valence-corrected chi connectivity index (χ3v) is 9.87. The predicted molar refractivity (Wildman–Crippen MR) is 147 cm³/mol. The lowest BCUT2D eigenvalue weighted by atomic mass is 9.73. The van der Waals surface area contributed by atoms with Gasteiger partial charge in [-0.05, 0) is 68.2 Å². The molecule has 1 aromatic carbocycles. The number of fused-ring (bicyclic) bond motifs is 1. The van der Waals surface area contributed by atoms with E-state index in [0.717, 1.165) is 43.2 Å². The molecule has 3 amide bonds. The zero-order chi connectivity index (χ0) is 27.5. The number of likely N-dealkylation sites (tertiary alicyclic amines) is 1. The highest BCUT2D eigenvalue weighted by Crippen LogP contribution is 2.55. The standard InChI is InChI=1S/C31H41N3O5/c1-17-13-18(2)15-21(14-17)32-28(35)25-24-10-11-31(39-24)26(25)30(37)34(16-22-8-6-12-38-22)27(31)29(36)33-23-9-5-7-19(3)20(23)4/h10-11,13-15,19-20,22-27H,5-9,12,16H2,1-4H3,(H,32,35)(H,33,36)/t19-,20-,22-,23+,24+,25-,26+,27+,31+/m0/s1. The topological polar surface area (TPSA) is 97.0 Å². The van der Waals surface area contributed by atoms with Crippen molar-refractivity contribution in [1.29, 1.82) is 0 Å². The van der Waals surface area contributed by atoms with Gasteiger partial charge in [0, 0.05) is 24.9 Å². The van der Waals surface area contributed by atoms with Gasteiger partial charge >= 0.3 is 0 Å². The molecule has 4 aliphatic heterocycles. The van der Waals surface area contributed by atoms with E-state index in [0.29, 0.717) is 30.7 Å². The summed E-state index contributed by atoms with van der Waals surface area (Å²) in [5, 5.41) is 6.35. The van der Waals surface area contributed by atoms with Gasteiger partial charge in [-0.1, -0.05) is 44.9 Å². The first kappa shape index (κ1) is 26.5. The van der Waals surface area contributed by atoms with Crippen molar-refractivity contribution in [2.75, 3.05) is 18.5 Å². The van der Waals surface area contributed by atoms with E-state index in [1.807, 2.05) is 38.1 Å². The van der Waals surface area contributed by atoms with E-state index < -0.39 is 29.6 Å². The van der Waals surface area contributed by atoms with Crippen LogP contribution in [-0.4, -0.2) is 65.7 Å². The second kappa shape index (κ2) is 10.0. The van der Waals surface area contributed by atoms with Crippen molar-refractivity contribution in [3.8, 4) is 0 Å². The van der Waals surface area contributed by atoms with Crippen molar-refractivity contribution < 1.29 is 23.9 Å². The summed E-state index contributed by atoms with van der Waals surface area (Å²) < 4.78 is 12.4. The average molecular weight is 536 g/mol. The van der Waals surface area contributed by atoms with Crippen LogP contribution in [0, 0.1) is 37.5 Å². The highest BCUT2D eigenvalue weighted by molar-refractivity contribution is 6.02. The van der Waals surface area contributed by atoms with E-state index >= 15 is 0 Å². The molecule has 8 heteroatoms. The minimum Gasteiger partial charge on any atom is -0.376 e. The zero-order valence-corrected chi connectivity index (χ0v) is 23.4. The molecule has 210 valence electrons. The maximum atomic E-state index is 14.2. The summed E-state index contributed by atoms with van der Waals surface area (Å²) in [6.45, 7) is 9.41. The number of hydrogen-bond donors (Lipinski definition) is 2. The Bertz CT molecular complexity index is 1170. The molecule has 0 radical (unpaired) electrons. The van der Waals surface area contributed by atoms with E-state index in [9.17, 15) is 14.4 Å². The van der Waals surface area contributed by atoms with Gasteiger partial charge in [0.15, 0.2) is 0 Å². The Labute approximate surface area is 230 Å². The Balaban J connectivity index is 1.30. The number of aryl methyl sites for hydroxylation is 2. The Morgan fingerprint density at radius 3 is 2.54 bits per heavy atom. The van der Waals surface area contributed by atoms with E-state index in [1.165, 1.54) is 0 Å². The van der Waals surface area contributed by atoms with Gasteiger partial charge in [0.05, 0.1) is 24.0 Å². The lowest BCUT2D eigenvalue weighted by Gasteiger charge is -2.38. The van der Waals surface area contributed by atoms with Crippen molar-refractivity contribution in [3.63, 3.8) is 0 Å². The van der Waals surface area contributed by atoms with Gasteiger partial charge in [0.25, 0.3) is 0 Å². The number of carbonyl (C=O) groups excluding carboxylic acids is 3. The molecule has 1 aliphatic carbocycles. The molecule has 5 aliphatic rings. The predicted octanol–water partition coefficient (Wildman–Crippen LogP) is 3.51. The second-order valence-electron chi connectivity index (χ2n) is 12.6. The SMILES string of the molecule is Cc1cc(C)cc(NC(=O)[C@H]2[C@H]3C=C[C@@]4(O3)[C@H]2C(=O)N(C[C@@H]2CCCO2)[C@@H]4C(=O)N[C@@H]2CCC[C@H](C)[C@@H]2C)c1. The van der Waals surface area contributed by atoms with Gasteiger partial charge < -0.3 is 25.0 Å². The maximum Gasteiger partial charge on any atom is 0.246 e. The third-order valence-electron chi connectivity index (χ3n) is 9.87. The van der Waals surface area contributed by atoms with Crippen LogP contribution < -0.4 is 10.6 Å². The molecular weight excluding hydrogens is 494 g/mol. The fourth-order valence-electron chi connectivity index (χ4n) is 7.79. The largest absolute Gasteiger partial charge is 0.376 e. The number of rotatable bonds is 6. The molecule has 0 unspecified atom stereocenters. The quantitative estimate of drug-likeness (QED) is 0.544. The van der Waals surface area contributed by atoms with Gasteiger partial charge in [-0.25, -0.2) is 0 Å². The smallest absolute Gasteiger partial charge is 0.246 e. The molecule has 39 heavy (non-hydrogen) atoms. The van der Waals surface area contributed by atoms with Gasteiger partial charge in [0.1, 0.15) is 11.6 Å². The van der Waals surface area contributed by atoms with Crippen LogP contribution in [0.2, 0.25) is 0 Å². The molecule has 1 saturated carbocycles. The van der Waals surface area contributed by atoms with E-state index in [-0.39, 0.29) is 29.9 Å². The molecule has 0 aromatic heterocycles. The molecule has 9 atom stereocenters. The first-order valence-electron chi connectivity index (χ1n) is 14.7. The highest BCUT2D eigenvalue weighted by Gasteiger charge is 2.73. The maximum absolute atomic E-state index is 14.2. The number of nitrogens with one attached hydrogen (secondary N) is 2. The van der Waals surface area contributed by atoms with E-state index in [4.69, 9.17) is 9.47 Å². The molecule has 8 nitrogen and oxygen atoms in total. The van der Waals surface area contributed by atoms with Gasteiger partial charge in [0.2, 0.25) is 17.7 Å².